The first kappa shape index (κ1) is 26.9. The van der Waals surface area contributed by atoms with Gasteiger partial charge < -0.3 is 19.9 Å². The lowest BCUT2D eigenvalue weighted by molar-refractivity contribution is -0.120. The van der Waals surface area contributed by atoms with Crippen molar-refractivity contribution in [3.8, 4) is 17.2 Å². The van der Waals surface area contributed by atoms with Gasteiger partial charge in [0.25, 0.3) is 0 Å². The van der Waals surface area contributed by atoms with Crippen molar-refractivity contribution in [3.63, 3.8) is 0 Å². The van der Waals surface area contributed by atoms with Crippen molar-refractivity contribution >= 4 is 28.1 Å². The van der Waals surface area contributed by atoms with Crippen LogP contribution >= 0.6 is 0 Å². The number of hydrogen-bond donors (Lipinski definition) is 2. The van der Waals surface area contributed by atoms with Crippen LogP contribution in [0.5, 0.6) is 17.2 Å². The molecule has 5 rings (SSSR count). The van der Waals surface area contributed by atoms with Crippen molar-refractivity contribution in [2.45, 2.75) is 46.6 Å². The van der Waals surface area contributed by atoms with Gasteiger partial charge in [-0.3, -0.25) is 9.48 Å². The highest BCUT2D eigenvalue weighted by atomic mass is 16.5. The molecule has 0 radical (unpaired) electrons. The molecule has 1 amide bonds. The van der Waals surface area contributed by atoms with Crippen LogP contribution in [0.3, 0.4) is 0 Å². The number of carbonyl (C=O) groups is 1. The number of fused-ring (bicyclic) bond motifs is 3. The Morgan fingerprint density at radius 2 is 1.75 bits per heavy atom. The Morgan fingerprint density at radius 3 is 2.40 bits per heavy atom. The Hall–Kier alpha value is -4.67. The zero-order chi connectivity index (χ0) is 28.4. The van der Waals surface area contributed by atoms with E-state index in [2.05, 4.69) is 10.4 Å². The van der Waals surface area contributed by atoms with Crippen LogP contribution in [-0.4, -0.2) is 54.6 Å². The van der Waals surface area contributed by atoms with Gasteiger partial charge in [0.1, 0.15) is 11.6 Å². The molecule has 11 nitrogen and oxygen atoms in total. The van der Waals surface area contributed by atoms with E-state index in [0.717, 1.165) is 16.8 Å². The zero-order valence-electron chi connectivity index (χ0n) is 23.3. The molecule has 5 aromatic rings. The molecule has 2 aromatic carbocycles. The minimum Gasteiger partial charge on any atom is -0.508 e. The molecule has 0 aliphatic heterocycles. The number of aromatic nitrogens is 6. The molecular formula is C29H33N7O4. The summed E-state index contributed by atoms with van der Waals surface area (Å²) < 4.78 is 14.7. The summed E-state index contributed by atoms with van der Waals surface area (Å²) in [7, 11) is 3.17. The first-order valence-electron chi connectivity index (χ1n) is 13.2. The van der Waals surface area contributed by atoms with Crippen LogP contribution in [0.15, 0.2) is 42.5 Å². The third-order valence-corrected chi connectivity index (χ3v) is 6.97. The average molecular weight is 544 g/mol. The van der Waals surface area contributed by atoms with E-state index in [1.54, 1.807) is 30.9 Å². The van der Waals surface area contributed by atoms with Crippen molar-refractivity contribution in [1.82, 2.24) is 29.4 Å². The van der Waals surface area contributed by atoms with Gasteiger partial charge in [-0.15, -0.1) is 5.10 Å². The van der Waals surface area contributed by atoms with Crippen LogP contribution in [0.4, 0.5) is 5.69 Å². The van der Waals surface area contributed by atoms with Gasteiger partial charge in [-0.05, 0) is 56.7 Å². The summed E-state index contributed by atoms with van der Waals surface area (Å²) in [5.41, 5.74) is 3.97. The Morgan fingerprint density at radius 1 is 1.02 bits per heavy atom. The summed E-state index contributed by atoms with van der Waals surface area (Å²) in [4.78, 5) is 23.0. The Balaban J connectivity index is 1.53. The van der Waals surface area contributed by atoms with Gasteiger partial charge in [-0.2, -0.15) is 9.61 Å². The predicted molar refractivity (Wildman–Crippen MR) is 151 cm³/mol. The number of benzene rings is 2. The SMILES string of the molecule is CCC(Cc1nc2cc(OC)c(OC)cc2c2nc(CCn3nc(C)cc3C)nn12)C(=O)Nc1ccc(O)cc1. The van der Waals surface area contributed by atoms with Gasteiger partial charge in [0.05, 0.1) is 25.4 Å². The van der Waals surface area contributed by atoms with Gasteiger partial charge >= 0.3 is 0 Å². The lowest BCUT2D eigenvalue weighted by Crippen LogP contribution is -2.25. The van der Waals surface area contributed by atoms with E-state index in [1.165, 1.54) is 12.1 Å². The maximum atomic E-state index is 13.2. The van der Waals surface area contributed by atoms with E-state index in [4.69, 9.17) is 24.5 Å². The van der Waals surface area contributed by atoms with Gasteiger partial charge in [0.15, 0.2) is 23.0 Å². The van der Waals surface area contributed by atoms with E-state index in [9.17, 15) is 9.90 Å². The van der Waals surface area contributed by atoms with E-state index in [1.807, 2.05) is 43.7 Å². The molecule has 208 valence electrons. The molecule has 0 fully saturated rings. The number of phenolic OH excluding ortho intramolecular Hbond substituents is 1. The number of anilines is 1. The molecule has 0 bridgehead atoms. The van der Waals surface area contributed by atoms with Crippen molar-refractivity contribution in [1.29, 1.82) is 0 Å². The molecule has 2 N–H and O–H groups in total. The lowest BCUT2D eigenvalue weighted by atomic mass is 10.0. The molecule has 3 aromatic heterocycles. The lowest BCUT2D eigenvalue weighted by Gasteiger charge is -2.16. The minimum absolute atomic E-state index is 0.139. The number of phenols is 1. The van der Waals surface area contributed by atoms with E-state index >= 15 is 0 Å². The van der Waals surface area contributed by atoms with Crippen LogP contribution in [-0.2, 0) is 24.2 Å². The second-order valence-corrected chi connectivity index (χ2v) is 9.76. The van der Waals surface area contributed by atoms with Crippen LogP contribution < -0.4 is 14.8 Å². The molecule has 40 heavy (non-hydrogen) atoms. The fraction of sp³-hybridized carbons (Fsp3) is 0.345. The van der Waals surface area contributed by atoms with Crippen molar-refractivity contribution in [3.05, 3.63) is 65.5 Å². The number of amides is 1. The summed E-state index contributed by atoms with van der Waals surface area (Å²) in [6.07, 6.45) is 1.52. The molecule has 3 heterocycles. The fourth-order valence-corrected chi connectivity index (χ4v) is 4.81. The molecule has 0 spiro atoms. The van der Waals surface area contributed by atoms with Gasteiger partial charge in [0.2, 0.25) is 5.91 Å². The molecule has 0 aliphatic carbocycles. The van der Waals surface area contributed by atoms with E-state index < -0.39 is 0 Å². The Bertz CT molecular complexity index is 1670. The van der Waals surface area contributed by atoms with Crippen molar-refractivity contribution in [2.24, 2.45) is 5.92 Å². The number of aryl methyl sites for hydroxylation is 4. The topological polar surface area (TPSA) is 129 Å². The average Bonchev–Trinajstić information content (AvgIpc) is 3.52. The largest absolute Gasteiger partial charge is 0.508 e. The van der Waals surface area contributed by atoms with Crippen LogP contribution in [0, 0.1) is 19.8 Å². The molecule has 1 atom stereocenters. The summed E-state index contributed by atoms with van der Waals surface area (Å²) in [6.45, 7) is 6.61. The van der Waals surface area contributed by atoms with Crippen LogP contribution in [0.25, 0.3) is 16.6 Å². The highest BCUT2D eigenvalue weighted by molar-refractivity contribution is 5.94. The molecule has 0 saturated heterocycles. The summed E-state index contributed by atoms with van der Waals surface area (Å²) in [5, 5.41) is 22.6. The number of ether oxygens (including phenoxy) is 2. The number of hydrogen-bond acceptors (Lipinski definition) is 8. The molecule has 0 saturated carbocycles. The molecular weight excluding hydrogens is 510 g/mol. The number of aromatic hydroxyl groups is 1. The van der Waals surface area contributed by atoms with Gasteiger partial charge in [-0.1, -0.05) is 6.92 Å². The third kappa shape index (κ3) is 5.40. The monoisotopic (exact) mass is 543 g/mol. The smallest absolute Gasteiger partial charge is 0.227 e. The fourth-order valence-electron chi connectivity index (χ4n) is 4.81. The van der Waals surface area contributed by atoms with Crippen molar-refractivity contribution in [2.75, 3.05) is 19.5 Å². The van der Waals surface area contributed by atoms with E-state index in [0.29, 0.717) is 65.8 Å². The quantitative estimate of drug-likeness (QED) is 0.250. The summed E-state index contributed by atoms with van der Waals surface area (Å²) in [6, 6.07) is 12.1. The predicted octanol–water partition coefficient (Wildman–Crippen LogP) is 4.26. The van der Waals surface area contributed by atoms with Gasteiger partial charge in [-0.25, -0.2) is 9.97 Å². The second kappa shape index (κ2) is 11.2. The zero-order valence-corrected chi connectivity index (χ0v) is 23.3. The maximum Gasteiger partial charge on any atom is 0.227 e. The van der Waals surface area contributed by atoms with E-state index in [-0.39, 0.29) is 17.6 Å². The van der Waals surface area contributed by atoms with Crippen LogP contribution in [0.2, 0.25) is 0 Å². The highest BCUT2D eigenvalue weighted by Crippen LogP contribution is 2.33. The molecule has 11 heteroatoms. The Labute approximate surface area is 231 Å². The number of nitrogens with one attached hydrogen (secondary N) is 1. The minimum atomic E-state index is -0.371. The molecule has 0 aliphatic rings. The Kier molecular flexibility index (Phi) is 7.54. The third-order valence-electron chi connectivity index (χ3n) is 6.97. The normalized spacial score (nSPS) is 12.1. The van der Waals surface area contributed by atoms with Gasteiger partial charge in [0, 0.05) is 48.1 Å². The molecule has 1 unspecified atom stereocenters. The highest BCUT2D eigenvalue weighted by Gasteiger charge is 2.23. The number of nitrogens with zero attached hydrogens (tertiary/aromatic N) is 6. The van der Waals surface area contributed by atoms with Crippen LogP contribution in [0.1, 0.15) is 36.4 Å². The number of methoxy groups -OCH3 is 2. The summed E-state index contributed by atoms with van der Waals surface area (Å²) >= 11 is 0. The van der Waals surface area contributed by atoms with Crippen molar-refractivity contribution < 1.29 is 19.4 Å². The first-order chi connectivity index (χ1) is 19.3. The maximum absolute atomic E-state index is 13.2. The second-order valence-electron chi connectivity index (χ2n) is 9.76. The number of carbonyl (C=O) groups excluding carboxylic acids is 1. The summed E-state index contributed by atoms with van der Waals surface area (Å²) in [5.74, 6) is 2.02. The first-order valence-corrected chi connectivity index (χ1v) is 13.2. The standard InChI is InChI=1S/C29H33N7O4/c1-6-19(29(38)30-20-7-9-21(37)10-8-20)14-27-31-23-16-25(40-5)24(39-4)15-22(23)28-32-26(34-36(27)28)11-12-35-18(3)13-17(2)33-35/h7-10,13,15-16,19,37H,6,11-12,14H2,1-5H3,(H,30,38). The number of rotatable bonds is 10.